The maximum Gasteiger partial charge on any atom is 0.255 e. The molecular formula is C15H22N2O3. The van der Waals surface area contributed by atoms with Crippen LogP contribution in [0, 0.1) is 0 Å². The van der Waals surface area contributed by atoms with Gasteiger partial charge in [-0.25, -0.2) is 0 Å². The van der Waals surface area contributed by atoms with E-state index >= 15 is 0 Å². The second kappa shape index (κ2) is 7.14. The molecule has 1 amide bonds. The monoisotopic (exact) mass is 278 g/mol. The molecule has 2 rings (SSSR count). The number of phenols is 1. The minimum Gasteiger partial charge on any atom is -0.504 e. The molecule has 1 aromatic rings. The molecule has 0 aliphatic carbocycles. The summed E-state index contributed by atoms with van der Waals surface area (Å²) in [5, 5.41) is 16.2. The number of hydrogen-bond acceptors (Lipinski definition) is 4. The Kier molecular flexibility index (Phi) is 5.24. The first-order valence-electron chi connectivity index (χ1n) is 7.10. The van der Waals surface area contributed by atoms with E-state index in [2.05, 4.69) is 10.6 Å². The molecule has 0 saturated carbocycles. The predicted molar refractivity (Wildman–Crippen MR) is 77.3 cm³/mol. The van der Waals surface area contributed by atoms with Crippen molar-refractivity contribution >= 4 is 5.91 Å². The van der Waals surface area contributed by atoms with E-state index in [0.29, 0.717) is 18.3 Å². The Labute approximate surface area is 119 Å². The highest BCUT2D eigenvalue weighted by molar-refractivity contribution is 5.97. The van der Waals surface area contributed by atoms with Crippen LogP contribution in [-0.2, 0) is 0 Å². The molecule has 0 aromatic heterocycles. The van der Waals surface area contributed by atoms with Gasteiger partial charge in [0.15, 0.2) is 11.5 Å². The predicted octanol–water partition coefficient (Wildman–Crippen LogP) is 1.66. The zero-order valence-corrected chi connectivity index (χ0v) is 11.8. The van der Waals surface area contributed by atoms with E-state index in [9.17, 15) is 9.90 Å². The summed E-state index contributed by atoms with van der Waals surface area (Å²) in [4.78, 5) is 12.0. The van der Waals surface area contributed by atoms with E-state index < -0.39 is 0 Å². The number of rotatable bonds is 5. The van der Waals surface area contributed by atoms with E-state index in [0.717, 1.165) is 13.0 Å². The molecule has 5 nitrogen and oxygen atoms in total. The molecule has 1 aromatic carbocycles. The van der Waals surface area contributed by atoms with Gasteiger partial charge >= 0.3 is 0 Å². The zero-order valence-electron chi connectivity index (χ0n) is 11.8. The molecule has 0 bridgehead atoms. The topological polar surface area (TPSA) is 70.6 Å². The number of phenolic OH excluding ortho intramolecular Hbond substituents is 1. The number of ether oxygens (including phenoxy) is 1. The number of para-hydroxylation sites is 1. The van der Waals surface area contributed by atoms with Gasteiger partial charge in [-0.15, -0.1) is 0 Å². The van der Waals surface area contributed by atoms with Crippen molar-refractivity contribution < 1.29 is 14.6 Å². The van der Waals surface area contributed by atoms with Gasteiger partial charge < -0.3 is 20.5 Å². The summed E-state index contributed by atoms with van der Waals surface area (Å²) < 4.78 is 5.00. The van der Waals surface area contributed by atoms with E-state index in [-0.39, 0.29) is 17.2 Å². The Balaban J connectivity index is 1.85. The Morgan fingerprint density at radius 3 is 3.05 bits per heavy atom. The van der Waals surface area contributed by atoms with Gasteiger partial charge in [0.2, 0.25) is 0 Å². The molecule has 1 heterocycles. The lowest BCUT2D eigenvalue weighted by Gasteiger charge is -2.23. The van der Waals surface area contributed by atoms with E-state index in [4.69, 9.17) is 4.74 Å². The molecule has 5 heteroatoms. The van der Waals surface area contributed by atoms with Gasteiger partial charge in [0, 0.05) is 12.6 Å². The summed E-state index contributed by atoms with van der Waals surface area (Å²) in [5.74, 6) is -0.0629. The van der Waals surface area contributed by atoms with E-state index in [1.54, 1.807) is 18.2 Å². The highest BCUT2D eigenvalue weighted by atomic mass is 16.5. The number of amides is 1. The van der Waals surface area contributed by atoms with Crippen molar-refractivity contribution in [3.8, 4) is 11.5 Å². The number of hydrogen-bond donors (Lipinski definition) is 3. The lowest BCUT2D eigenvalue weighted by Crippen LogP contribution is -2.37. The fraction of sp³-hybridized carbons (Fsp3) is 0.533. The van der Waals surface area contributed by atoms with Crippen molar-refractivity contribution in [3.63, 3.8) is 0 Å². The third kappa shape index (κ3) is 3.63. The summed E-state index contributed by atoms with van der Waals surface area (Å²) in [5.41, 5.74) is 0.251. The molecule has 0 spiro atoms. The van der Waals surface area contributed by atoms with Crippen LogP contribution in [-0.4, -0.2) is 37.3 Å². The Morgan fingerprint density at radius 2 is 2.35 bits per heavy atom. The second-order valence-corrected chi connectivity index (χ2v) is 5.05. The van der Waals surface area contributed by atoms with Crippen molar-refractivity contribution in [3.05, 3.63) is 23.8 Å². The fourth-order valence-corrected chi connectivity index (χ4v) is 2.50. The summed E-state index contributed by atoms with van der Waals surface area (Å²) in [7, 11) is 1.46. The molecule has 1 unspecified atom stereocenters. The smallest absolute Gasteiger partial charge is 0.255 e. The minimum absolute atomic E-state index is 0.108. The van der Waals surface area contributed by atoms with Crippen LogP contribution in [0.15, 0.2) is 18.2 Å². The molecule has 1 fully saturated rings. The standard InChI is InChI=1S/C15H22N2O3/c1-20-13-7-4-6-12(14(13)18)15(19)17-10-8-11-5-2-3-9-16-11/h4,6-7,11,16,18H,2-3,5,8-10H2,1H3,(H,17,19). The molecule has 1 atom stereocenters. The molecule has 3 N–H and O–H groups in total. The lowest BCUT2D eigenvalue weighted by molar-refractivity contribution is 0.0948. The van der Waals surface area contributed by atoms with Crippen molar-refractivity contribution in [1.82, 2.24) is 10.6 Å². The van der Waals surface area contributed by atoms with Crippen molar-refractivity contribution in [1.29, 1.82) is 0 Å². The highest BCUT2D eigenvalue weighted by Gasteiger charge is 2.16. The van der Waals surface area contributed by atoms with Gasteiger partial charge in [-0.3, -0.25) is 4.79 Å². The molecular weight excluding hydrogens is 256 g/mol. The van der Waals surface area contributed by atoms with Gasteiger partial charge in [0.25, 0.3) is 5.91 Å². The first-order valence-corrected chi connectivity index (χ1v) is 7.10. The quantitative estimate of drug-likeness (QED) is 0.766. The van der Waals surface area contributed by atoms with Gasteiger partial charge in [0.05, 0.1) is 12.7 Å². The number of carbonyl (C=O) groups is 1. The zero-order chi connectivity index (χ0) is 14.4. The largest absolute Gasteiger partial charge is 0.504 e. The van der Waals surface area contributed by atoms with Gasteiger partial charge in [-0.1, -0.05) is 12.5 Å². The van der Waals surface area contributed by atoms with Gasteiger partial charge in [-0.2, -0.15) is 0 Å². The number of benzene rings is 1. The summed E-state index contributed by atoms with van der Waals surface area (Å²) >= 11 is 0. The van der Waals surface area contributed by atoms with Crippen LogP contribution in [0.25, 0.3) is 0 Å². The minimum atomic E-state index is -0.266. The Hall–Kier alpha value is -1.75. The van der Waals surface area contributed by atoms with Crippen molar-refractivity contribution in [2.45, 2.75) is 31.7 Å². The SMILES string of the molecule is COc1cccc(C(=O)NCCC2CCCCN2)c1O. The van der Waals surface area contributed by atoms with Crippen LogP contribution in [0.3, 0.4) is 0 Å². The third-order valence-electron chi connectivity index (χ3n) is 3.65. The maximum atomic E-state index is 12.0. The van der Waals surface area contributed by atoms with Crippen LogP contribution in [0.1, 0.15) is 36.0 Å². The van der Waals surface area contributed by atoms with Crippen LogP contribution in [0.5, 0.6) is 11.5 Å². The molecule has 1 aliphatic heterocycles. The molecule has 1 aliphatic rings. The summed E-state index contributed by atoms with van der Waals surface area (Å²) in [6.07, 6.45) is 4.57. The number of piperidine rings is 1. The Morgan fingerprint density at radius 1 is 1.50 bits per heavy atom. The molecule has 20 heavy (non-hydrogen) atoms. The Bertz CT molecular complexity index is 456. The highest BCUT2D eigenvalue weighted by Crippen LogP contribution is 2.29. The van der Waals surface area contributed by atoms with Gasteiger partial charge in [-0.05, 0) is 37.9 Å². The molecule has 0 radical (unpaired) electrons. The van der Waals surface area contributed by atoms with Crippen molar-refractivity contribution in [2.24, 2.45) is 0 Å². The van der Waals surface area contributed by atoms with Crippen LogP contribution in [0.2, 0.25) is 0 Å². The number of carbonyl (C=O) groups excluding carboxylic acids is 1. The number of methoxy groups -OCH3 is 1. The molecule has 110 valence electrons. The number of aromatic hydroxyl groups is 1. The van der Waals surface area contributed by atoms with Crippen LogP contribution < -0.4 is 15.4 Å². The lowest BCUT2D eigenvalue weighted by atomic mass is 10.0. The van der Waals surface area contributed by atoms with Crippen LogP contribution >= 0.6 is 0 Å². The maximum absolute atomic E-state index is 12.0. The molecule has 1 saturated heterocycles. The number of nitrogens with one attached hydrogen (secondary N) is 2. The average Bonchev–Trinajstić information content (AvgIpc) is 2.48. The average molecular weight is 278 g/mol. The summed E-state index contributed by atoms with van der Waals surface area (Å²) in [6, 6.07) is 5.39. The normalized spacial score (nSPS) is 18.6. The first kappa shape index (κ1) is 14.7. The van der Waals surface area contributed by atoms with Crippen molar-refractivity contribution in [2.75, 3.05) is 20.2 Å². The van der Waals surface area contributed by atoms with Crippen LogP contribution in [0.4, 0.5) is 0 Å². The first-order chi connectivity index (χ1) is 9.72. The van der Waals surface area contributed by atoms with E-state index in [1.165, 1.54) is 26.4 Å². The fourth-order valence-electron chi connectivity index (χ4n) is 2.50. The third-order valence-corrected chi connectivity index (χ3v) is 3.65. The second-order valence-electron chi connectivity index (χ2n) is 5.05. The van der Waals surface area contributed by atoms with E-state index in [1.807, 2.05) is 0 Å². The van der Waals surface area contributed by atoms with Gasteiger partial charge in [0.1, 0.15) is 0 Å². The summed E-state index contributed by atoms with van der Waals surface area (Å²) in [6.45, 7) is 1.67.